The molecule has 0 fully saturated rings. The van der Waals surface area contributed by atoms with Gasteiger partial charge in [0.25, 0.3) is 0 Å². The lowest BCUT2D eigenvalue weighted by Gasteiger charge is -2.17. The number of phenolic OH excluding ortho intramolecular Hbond substituents is 1. The summed E-state index contributed by atoms with van der Waals surface area (Å²) in [6.07, 6.45) is 0.698. The second-order valence-corrected chi connectivity index (χ2v) is 8.29. The van der Waals surface area contributed by atoms with E-state index in [1.54, 1.807) is 12.1 Å². The fourth-order valence-corrected chi connectivity index (χ4v) is 4.91. The Morgan fingerprint density at radius 3 is 1.85 bits per heavy atom. The van der Waals surface area contributed by atoms with Crippen LogP contribution in [-0.4, -0.2) is 11.4 Å². The lowest BCUT2D eigenvalue weighted by Crippen LogP contribution is -1.90. The van der Waals surface area contributed by atoms with E-state index < -0.39 is 0 Å². The lowest BCUT2D eigenvalue weighted by molar-refractivity contribution is 0.112. The molecule has 0 spiro atoms. The van der Waals surface area contributed by atoms with Crippen LogP contribution in [0.2, 0.25) is 0 Å². The second kappa shape index (κ2) is 7.61. The minimum Gasteiger partial charge on any atom is -0.507 e. The van der Waals surface area contributed by atoms with E-state index in [-0.39, 0.29) is 11.3 Å². The van der Waals surface area contributed by atoms with Crippen LogP contribution in [0.15, 0.2) is 109 Å². The van der Waals surface area contributed by atoms with Gasteiger partial charge in [-0.3, -0.25) is 4.79 Å². The van der Waals surface area contributed by atoms with Crippen LogP contribution >= 0.6 is 0 Å². The van der Waals surface area contributed by atoms with Crippen molar-refractivity contribution in [3.05, 3.63) is 115 Å². The Labute approximate surface area is 191 Å². The molecule has 0 unspecified atom stereocenters. The molecule has 0 amide bonds. The zero-order valence-corrected chi connectivity index (χ0v) is 17.8. The zero-order valence-electron chi connectivity index (χ0n) is 17.8. The Hall–Kier alpha value is -4.43. The fraction of sp³-hybridized carbons (Fsp3) is 0. The Balaban J connectivity index is 1.77. The van der Waals surface area contributed by atoms with Crippen LogP contribution in [0, 0.1) is 0 Å². The smallest absolute Gasteiger partial charge is 0.153 e. The molecule has 2 heteroatoms. The summed E-state index contributed by atoms with van der Waals surface area (Å²) < 4.78 is 0. The highest BCUT2D eigenvalue weighted by atomic mass is 16.3. The highest BCUT2D eigenvalue weighted by Crippen LogP contribution is 2.43. The molecular weight excluding hydrogens is 404 g/mol. The van der Waals surface area contributed by atoms with Gasteiger partial charge in [0, 0.05) is 0 Å². The van der Waals surface area contributed by atoms with Crippen LogP contribution < -0.4 is 0 Å². The first-order chi connectivity index (χ1) is 16.2. The first-order valence-corrected chi connectivity index (χ1v) is 11.0. The van der Waals surface area contributed by atoms with Crippen molar-refractivity contribution in [1.82, 2.24) is 0 Å². The number of aromatic hydroxyl groups is 1. The molecule has 0 radical (unpaired) electrons. The molecule has 33 heavy (non-hydrogen) atoms. The Kier molecular flexibility index (Phi) is 4.44. The number of aldehydes is 1. The average molecular weight is 424 g/mol. The molecular formula is C31H20O2. The highest BCUT2D eigenvalue weighted by Gasteiger charge is 2.16. The minimum atomic E-state index is -0.00532. The van der Waals surface area contributed by atoms with E-state index in [0.29, 0.717) is 6.29 Å². The van der Waals surface area contributed by atoms with Gasteiger partial charge < -0.3 is 5.11 Å². The van der Waals surface area contributed by atoms with Gasteiger partial charge in [-0.1, -0.05) is 91.0 Å². The minimum absolute atomic E-state index is 0.00532. The monoisotopic (exact) mass is 424 g/mol. The van der Waals surface area contributed by atoms with Crippen LogP contribution in [0.25, 0.3) is 54.6 Å². The Bertz CT molecular complexity index is 1640. The van der Waals surface area contributed by atoms with Crippen molar-refractivity contribution in [1.29, 1.82) is 0 Å². The number of phenols is 1. The largest absolute Gasteiger partial charge is 0.507 e. The quantitative estimate of drug-likeness (QED) is 0.231. The summed E-state index contributed by atoms with van der Waals surface area (Å²) in [5.41, 5.74) is 4.58. The summed E-state index contributed by atoms with van der Waals surface area (Å²) in [5.74, 6) is -0.00532. The number of hydrogen-bond donors (Lipinski definition) is 1. The van der Waals surface area contributed by atoms with Gasteiger partial charge in [-0.25, -0.2) is 0 Å². The average Bonchev–Trinajstić information content (AvgIpc) is 2.87. The third-order valence-corrected chi connectivity index (χ3v) is 6.41. The maximum atomic E-state index is 11.5. The lowest BCUT2D eigenvalue weighted by atomic mass is 9.86. The molecule has 1 N–H and O–H groups in total. The summed E-state index contributed by atoms with van der Waals surface area (Å²) in [5, 5.41) is 17.1. The molecule has 0 aliphatic heterocycles. The Morgan fingerprint density at radius 2 is 1.18 bits per heavy atom. The first kappa shape index (κ1) is 19.3. The predicted octanol–water partition coefficient (Wildman–Crippen LogP) is 8.00. The first-order valence-electron chi connectivity index (χ1n) is 11.0. The molecule has 0 aromatic heterocycles. The molecule has 0 heterocycles. The number of rotatable bonds is 3. The maximum absolute atomic E-state index is 11.5. The van der Waals surface area contributed by atoms with Gasteiger partial charge in [0.1, 0.15) is 5.75 Å². The molecule has 156 valence electrons. The van der Waals surface area contributed by atoms with Crippen LogP contribution in [-0.2, 0) is 0 Å². The summed E-state index contributed by atoms with van der Waals surface area (Å²) >= 11 is 0. The van der Waals surface area contributed by atoms with Gasteiger partial charge in [0.2, 0.25) is 0 Å². The van der Waals surface area contributed by atoms with E-state index in [9.17, 15) is 9.90 Å². The van der Waals surface area contributed by atoms with Crippen molar-refractivity contribution in [2.24, 2.45) is 0 Å². The number of benzene rings is 6. The van der Waals surface area contributed by atoms with Gasteiger partial charge in [0.05, 0.1) is 5.56 Å². The molecule has 0 saturated heterocycles. The Morgan fingerprint density at radius 1 is 0.576 bits per heavy atom. The van der Waals surface area contributed by atoms with Crippen molar-refractivity contribution in [3.63, 3.8) is 0 Å². The number of hydrogen-bond acceptors (Lipinski definition) is 2. The highest BCUT2D eigenvalue weighted by molar-refractivity contribution is 6.19. The molecule has 6 aromatic rings. The van der Waals surface area contributed by atoms with E-state index in [2.05, 4.69) is 84.9 Å². The summed E-state index contributed by atoms with van der Waals surface area (Å²) in [4.78, 5) is 11.5. The summed E-state index contributed by atoms with van der Waals surface area (Å²) in [6.45, 7) is 0. The molecule has 0 aliphatic carbocycles. The van der Waals surface area contributed by atoms with Crippen LogP contribution in [0.4, 0.5) is 0 Å². The van der Waals surface area contributed by atoms with Crippen molar-refractivity contribution in [2.75, 3.05) is 0 Å². The van der Waals surface area contributed by atoms with E-state index in [0.717, 1.165) is 27.5 Å². The van der Waals surface area contributed by atoms with Gasteiger partial charge in [0.15, 0.2) is 6.29 Å². The molecule has 0 atom stereocenters. The number of carbonyl (C=O) groups is 1. The molecule has 6 aromatic carbocycles. The van der Waals surface area contributed by atoms with Gasteiger partial charge in [-0.15, -0.1) is 0 Å². The van der Waals surface area contributed by atoms with E-state index in [1.165, 1.54) is 27.1 Å². The second-order valence-electron chi connectivity index (χ2n) is 8.29. The standard InChI is InChI=1S/C31H20O2/c32-19-24-18-23(15-16-29(24)33)25-13-5-9-20-10-6-14-28(30(20)25)31-26-11-3-1-7-21(26)17-22-8-2-4-12-27(22)31/h1-19,33H. The maximum Gasteiger partial charge on any atom is 0.153 e. The van der Waals surface area contributed by atoms with E-state index in [1.807, 2.05) is 12.1 Å². The van der Waals surface area contributed by atoms with E-state index >= 15 is 0 Å². The van der Waals surface area contributed by atoms with Crippen LogP contribution in [0.1, 0.15) is 10.4 Å². The SMILES string of the molecule is O=Cc1cc(-c2cccc3cccc(-c4c5ccccc5cc5ccccc45)c23)ccc1O. The van der Waals surface area contributed by atoms with E-state index in [4.69, 9.17) is 0 Å². The zero-order chi connectivity index (χ0) is 22.4. The molecule has 0 bridgehead atoms. The fourth-order valence-electron chi connectivity index (χ4n) is 4.91. The number of carbonyl (C=O) groups excluding carboxylic acids is 1. The van der Waals surface area contributed by atoms with Crippen molar-refractivity contribution < 1.29 is 9.90 Å². The third-order valence-electron chi connectivity index (χ3n) is 6.41. The normalized spacial score (nSPS) is 11.3. The van der Waals surface area contributed by atoms with Gasteiger partial charge >= 0.3 is 0 Å². The predicted molar refractivity (Wildman–Crippen MR) is 137 cm³/mol. The molecule has 0 aliphatic rings. The van der Waals surface area contributed by atoms with Gasteiger partial charge in [-0.2, -0.15) is 0 Å². The van der Waals surface area contributed by atoms with Crippen LogP contribution in [0.3, 0.4) is 0 Å². The van der Waals surface area contributed by atoms with Crippen LogP contribution in [0.5, 0.6) is 5.75 Å². The van der Waals surface area contributed by atoms with Gasteiger partial charge in [-0.05, 0) is 72.8 Å². The molecule has 6 rings (SSSR count). The van der Waals surface area contributed by atoms with Crippen molar-refractivity contribution in [2.45, 2.75) is 0 Å². The van der Waals surface area contributed by atoms with Crippen molar-refractivity contribution >= 4 is 38.6 Å². The van der Waals surface area contributed by atoms with Crippen molar-refractivity contribution in [3.8, 4) is 28.0 Å². The summed E-state index contributed by atoms with van der Waals surface area (Å²) in [6, 6.07) is 37.1. The molecule has 2 nitrogen and oxygen atoms in total. The number of fused-ring (bicyclic) bond motifs is 3. The third kappa shape index (κ3) is 3.07. The topological polar surface area (TPSA) is 37.3 Å². The molecule has 0 saturated carbocycles. The summed E-state index contributed by atoms with van der Waals surface area (Å²) in [7, 11) is 0.